The molecule has 1 aliphatic heterocycles. The molecule has 0 N–H and O–H groups in total. The summed E-state index contributed by atoms with van der Waals surface area (Å²) < 4.78 is 64.3. The fraction of sp³-hybridized carbons (Fsp3) is 0.412. The smallest absolute Gasteiger partial charge is 0.319 e. The van der Waals surface area contributed by atoms with Gasteiger partial charge in [-0.15, -0.1) is 0 Å². The molecule has 0 bridgehead atoms. The summed E-state index contributed by atoms with van der Waals surface area (Å²) in [5, 5.41) is 0. The number of sulfonamides is 1. The number of hydrogen-bond acceptors (Lipinski definition) is 6. The number of hydrogen-bond donors (Lipinski definition) is 0. The van der Waals surface area contributed by atoms with Gasteiger partial charge in [-0.05, 0) is 31.0 Å². The van der Waals surface area contributed by atoms with Crippen LogP contribution in [0.5, 0.6) is 11.9 Å². The highest BCUT2D eigenvalue weighted by molar-refractivity contribution is 7.88. The maximum Gasteiger partial charge on any atom is 0.319 e. The molecule has 2 heterocycles. The van der Waals surface area contributed by atoms with Crippen LogP contribution in [0.2, 0.25) is 0 Å². The van der Waals surface area contributed by atoms with Gasteiger partial charge < -0.3 is 9.47 Å². The third-order valence-electron chi connectivity index (χ3n) is 4.16. The summed E-state index contributed by atoms with van der Waals surface area (Å²) in [6.07, 6.45) is 2.29. The highest BCUT2D eigenvalue weighted by Crippen LogP contribution is 2.22. The monoisotopic (exact) mass is 399 g/mol. The van der Waals surface area contributed by atoms with Gasteiger partial charge in [0, 0.05) is 24.4 Å². The van der Waals surface area contributed by atoms with E-state index in [-0.39, 0.29) is 24.0 Å². The second kappa shape index (κ2) is 8.13. The Balaban J connectivity index is 1.69. The molecule has 0 saturated carbocycles. The third kappa shape index (κ3) is 4.89. The Kier molecular flexibility index (Phi) is 5.85. The second-order valence-corrected chi connectivity index (χ2v) is 8.08. The van der Waals surface area contributed by atoms with Crippen molar-refractivity contribution in [1.82, 2.24) is 14.3 Å². The van der Waals surface area contributed by atoms with Gasteiger partial charge in [0.15, 0.2) is 0 Å². The minimum Gasteiger partial charge on any atom is -0.473 e. The van der Waals surface area contributed by atoms with E-state index in [1.807, 2.05) is 0 Å². The van der Waals surface area contributed by atoms with E-state index in [1.165, 1.54) is 17.6 Å². The fourth-order valence-corrected chi connectivity index (χ4v) is 4.45. The lowest BCUT2D eigenvalue weighted by atomic mass is 10.1. The van der Waals surface area contributed by atoms with Crippen molar-refractivity contribution in [2.45, 2.75) is 24.7 Å². The summed E-state index contributed by atoms with van der Waals surface area (Å²) in [6, 6.07) is 4.47. The van der Waals surface area contributed by atoms with Crippen LogP contribution in [-0.4, -0.2) is 49.0 Å². The number of aromatic nitrogens is 2. The van der Waals surface area contributed by atoms with Gasteiger partial charge in [-0.3, -0.25) is 0 Å². The Bertz CT molecular complexity index is 911. The Morgan fingerprint density at radius 1 is 1.30 bits per heavy atom. The Labute approximate surface area is 156 Å². The summed E-state index contributed by atoms with van der Waals surface area (Å²) in [5.74, 6) is -1.76. The Hall–Kier alpha value is -2.33. The normalized spacial score (nSPS) is 18.3. The first-order valence-corrected chi connectivity index (χ1v) is 9.94. The van der Waals surface area contributed by atoms with Crippen molar-refractivity contribution in [3.63, 3.8) is 0 Å². The van der Waals surface area contributed by atoms with Gasteiger partial charge in [-0.25, -0.2) is 22.2 Å². The zero-order valence-electron chi connectivity index (χ0n) is 14.6. The van der Waals surface area contributed by atoms with E-state index in [9.17, 15) is 17.2 Å². The molecule has 1 aliphatic rings. The molecular weight excluding hydrogens is 380 g/mol. The van der Waals surface area contributed by atoms with Crippen molar-refractivity contribution in [2.75, 3.05) is 20.2 Å². The van der Waals surface area contributed by atoms with Crippen molar-refractivity contribution in [3.8, 4) is 11.9 Å². The van der Waals surface area contributed by atoms with Crippen LogP contribution in [0, 0.1) is 11.6 Å². The molecule has 0 spiro atoms. The predicted molar refractivity (Wildman–Crippen MR) is 92.8 cm³/mol. The van der Waals surface area contributed by atoms with E-state index in [0.29, 0.717) is 19.4 Å². The number of ether oxygens (including phenoxy) is 2. The second-order valence-electron chi connectivity index (χ2n) is 6.11. The molecular formula is C17H19F2N3O4S. The Morgan fingerprint density at radius 3 is 2.89 bits per heavy atom. The SMILES string of the molecule is COc1nccc(OC2CCCN(S(=O)(=O)Cc3cc(F)ccc3F)C2)n1. The van der Waals surface area contributed by atoms with Crippen LogP contribution in [0.1, 0.15) is 18.4 Å². The number of halogens is 2. The summed E-state index contributed by atoms with van der Waals surface area (Å²) in [5.41, 5.74) is -0.196. The molecule has 10 heteroatoms. The van der Waals surface area contributed by atoms with E-state index in [2.05, 4.69) is 9.97 Å². The maximum absolute atomic E-state index is 13.8. The van der Waals surface area contributed by atoms with E-state index in [1.54, 1.807) is 6.07 Å². The van der Waals surface area contributed by atoms with Crippen LogP contribution in [0.3, 0.4) is 0 Å². The fourth-order valence-electron chi connectivity index (χ4n) is 2.86. The first-order chi connectivity index (χ1) is 12.9. The highest BCUT2D eigenvalue weighted by Gasteiger charge is 2.31. The van der Waals surface area contributed by atoms with Gasteiger partial charge in [-0.2, -0.15) is 9.29 Å². The standard InChI is InChI=1S/C17H19F2N3O4S/c1-25-17-20-7-6-16(21-17)26-14-3-2-8-22(10-14)27(23,24)11-12-9-13(18)4-5-15(12)19/h4-7,9,14H,2-3,8,10-11H2,1H3. The van der Waals surface area contributed by atoms with Gasteiger partial charge in [0.1, 0.15) is 17.7 Å². The van der Waals surface area contributed by atoms with Crippen molar-refractivity contribution >= 4 is 10.0 Å². The Morgan fingerprint density at radius 2 is 2.11 bits per heavy atom. The van der Waals surface area contributed by atoms with Crippen LogP contribution in [-0.2, 0) is 15.8 Å². The van der Waals surface area contributed by atoms with Crippen LogP contribution in [0.15, 0.2) is 30.5 Å². The number of benzene rings is 1. The number of methoxy groups -OCH3 is 1. The predicted octanol–water partition coefficient (Wildman–Crippen LogP) is 2.14. The van der Waals surface area contributed by atoms with E-state index >= 15 is 0 Å². The lowest BCUT2D eigenvalue weighted by Crippen LogP contribution is -2.44. The van der Waals surface area contributed by atoms with E-state index < -0.39 is 33.5 Å². The summed E-state index contributed by atoms with van der Waals surface area (Å²) in [6.45, 7) is 0.401. The van der Waals surface area contributed by atoms with Crippen LogP contribution >= 0.6 is 0 Å². The number of piperidine rings is 1. The lowest BCUT2D eigenvalue weighted by molar-refractivity contribution is 0.123. The van der Waals surface area contributed by atoms with E-state index in [0.717, 1.165) is 18.2 Å². The molecule has 7 nitrogen and oxygen atoms in total. The molecule has 2 aromatic rings. The quantitative estimate of drug-likeness (QED) is 0.740. The molecule has 1 atom stereocenters. The van der Waals surface area contributed by atoms with Crippen molar-refractivity contribution < 1.29 is 26.7 Å². The first-order valence-electron chi connectivity index (χ1n) is 8.33. The van der Waals surface area contributed by atoms with Crippen molar-refractivity contribution in [1.29, 1.82) is 0 Å². The van der Waals surface area contributed by atoms with Gasteiger partial charge in [0.25, 0.3) is 0 Å². The van der Waals surface area contributed by atoms with Crippen molar-refractivity contribution in [2.24, 2.45) is 0 Å². The first kappa shape index (κ1) is 19.4. The molecule has 1 aromatic heterocycles. The minimum absolute atomic E-state index is 0.103. The third-order valence-corrected chi connectivity index (χ3v) is 5.95. The molecule has 1 fully saturated rings. The van der Waals surface area contributed by atoms with Gasteiger partial charge in [0.05, 0.1) is 19.4 Å². The van der Waals surface area contributed by atoms with Gasteiger partial charge in [0.2, 0.25) is 15.9 Å². The highest BCUT2D eigenvalue weighted by atomic mass is 32.2. The molecule has 1 saturated heterocycles. The van der Waals surface area contributed by atoms with Crippen LogP contribution in [0.25, 0.3) is 0 Å². The van der Waals surface area contributed by atoms with Crippen LogP contribution in [0.4, 0.5) is 8.78 Å². The summed E-state index contributed by atoms with van der Waals surface area (Å²) in [4.78, 5) is 7.93. The topological polar surface area (TPSA) is 81.6 Å². The molecule has 0 amide bonds. The largest absolute Gasteiger partial charge is 0.473 e. The zero-order valence-corrected chi connectivity index (χ0v) is 15.5. The molecule has 27 heavy (non-hydrogen) atoms. The number of rotatable bonds is 6. The minimum atomic E-state index is -3.82. The average Bonchev–Trinajstić information content (AvgIpc) is 2.65. The maximum atomic E-state index is 13.8. The molecule has 0 aliphatic carbocycles. The molecule has 1 unspecified atom stereocenters. The number of nitrogens with zero attached hydrogens (tertiary/aromatic N) is 3. The van der Waals surface area contributed by atoms with Gasteiger partial charge >= 0.3 is 6.01 Å². The summed E-state index contributed by atoms with van der Waals surface area (Å²) in [7, 11) is -2.39. The van der Waals surface area contributed by atoms with Crippen molar-refractivity contribution in [3.05, 3.63) is 47.7 Å². The molecule has 146 valence electrons. The molecule has 3 rings (SSSR count). The average molecular weight is 399 g/mol. The zero-order chi connectivity index (χ0) is 19.4. The molecule has 0 radical (unpaired) electrons. The lowest BCUT2D eigenvalue weighted by Gasteiger charge is -2.31. The van der Waals surface area contributed by atoms with Gasteiger partial charge in [-0.1, -0.05) is 0 Å². The van der Waals surface area contributed by atoms with Crippen LogP contribution < -0.4 is 9.47 Å². The van der Waals surface area contributed by atoms with E-state index in [4.69, 9.17) is 9.47 Å². The summed E-state index contributed by atoms with van der Waals surface area (Å²) >= 11 is 0. The molecule has 1 aromatic carbocycles.